The van der Waals surface area contributed by atoms with Crippen LogP contribution < -0.4 is 0 Å². The van der Waals surface area contributed by atoms with E-state index in [1.54, 1.807) is 0 Å². The average Bonchev–Trinajstić information content (AvgIpc) is 2.70. The number of benzene rings is 2. The molecule has 0 saturated heterocycles. The number of hydrogen-bond acceptors (Lipinski definition) is 6. The molecular formula is C21H13F3N2O5. The normalized spacial score (nSPS) is 16.4. The third-order valence-corrected chi connectivity index (χ3v) is 4.43. The lowest BCUT2D eigenvalue weighted by Gasteiger charge is -2.10. The fraction of sp³-hybridized carbons (Fsp3) is 0.143. The zero-order valence-electron chi connectivity index (χ0n) is 15.7. The number of aliphatic imine (C=N–C) groups is 1. The summed E-state index contributed by atoms with van der Waals surface area (Å²) in [4.78, 5) is 51.3. The Labute approximate surface area is 173 Å². The molecule has 10 heteroatoms. The standard InChI is InChI=1S/C21H13F3N2O5/c22-21(23,24)12-5-8-17(18(9-12)26(30)31)25-13-6-7-14(27)11-20(29)16-4-2-1-3-15(16)19(28)10-13/h1-9H,10-11H2. The number of nitro benzene ring substituents is 1. The molecule has 2 aromatic carbocycles. The Balaban J connectivity index is 2.09. The maximum absolute atomic E-state index is 12.9. The topological polar surface area (TPSA) is 107 Å². The smallest absolute Gasteiger partial charge is 0.294 e. The van der Waals surface area contributed by atoms with Crippen molar-refractivity contribution in [3.05, 3.63) is 81.4 Å². The number of carbonyl (C=O) groups excluding carboxylic acids is 3. The third kappa shape index (κ3) is 4.97. The minimum absolute atomic E-state index is 0.0604. The Bertz CT molecular complexity index is 1170. The van der Waals surface area contributed by atoms with Gasteiger partial charge in [-0.05, 0) is 24.3 Å². The average molecular weight is 430 g/mol. The molecule has 0 unspecified atom stereocenters. The van der Waals surface area contributed by atoms with Crippen LogP contribution in [-0.2, 0) is 11.0 Å². The number of carbonyl (C=O) groups is 3. The number of nitrogens with zero attached hydrogens (tertiary/aromatic N) is 2. The van der Waals surface area contributed by atoms with E-state index < -0.39 is 58.2 Å². The molecule has 0 aliphatic heterocycles. The van der Waals surface area contributed by atoms with Crippen molar-refractivity contribution < 1.29 is 32.5 Å². The highest BCUT2D eigenvalue weighted by Gasteiger charge is 2.33. The second kappa shape index (κ2) is 8.42. The lowest BCUT2D eigenvalue weighted by molar-refractivity contribution is -0.384. The van der Waals surface area contributed by atoms with Crippen LogP contribution in [0, 0.1) is 10.1 Å². The van der Waals surface area contributed by atoms with E-state index in [1.165, 1.54) is 24.3 Å². The van der Waals surface area contributed by atoms with E-state index in [0.29, 0.717) is 12.1 Å². The van der Waals surface area contributed by atoms with E-state index in [0.717, 1.165) is 18.2 Å². The first-order valence-corrected chi connectivity index (χ1v) is 8.86. The molecule has 0 saturated carbocycles. The molecule has 0 heterocycles. The first-order chi connectivity index (χ1) is 14.6. The SMILES string of the molecule is O=C1C=CC(=Nc2ccc(C(F)(F)F)cc2[N+](=O)[O-])CC(=O)c2ccccc2C(=O)C1. The molecule has 2 aromatic rings. The van der Waals surface area contributed by atoms with Crippen molar-refractivity contribution in [2.24, 2.45) is 4.99 Å². The highest BCUT2D eigenvalue weighted by molar-refractivity contribution is 6.22. The number of allylic oxidation sites excluding steroid dienone is 2. The van der Waals surface area contributed by atoms with Gasteiger partial charge in [-0.25, -0.2) is 4.99 Å². The Morgan fingerprint density at radius 2 is 1.52 bits per heavy atom. The summed E-state index contributed by atoms with van der Waals surface area (Å²) in [6.45, 7) is 0. The zero-order chi connectivity index (χ0) is 22.8. The fourth-order valence-electron chi connectivity index (χ4n) is 2.96. The molecule has 0 fully saturated rings. The Kier molecular flexibility index (Phi) is 5.91. The van der Waals surface area contributed by atoms with Gasteiger partial charge in [0.2, 0.25) is 0 Å². The molecule has 1 aliphatic rings. The number of halogens is 3. The summed E-state index contributed by atoms with van der Waals surface area (Å²) in [5.41, 5.74) is -2.48. The van der Waals surface area contributed by atoms with Crippen LogP contribution in [0.4, 0.5) is 24.5 Å². The van der Waals surface area contributed by atoms with Crippen molar-refractivity contribution in [3.63, 3.8) is 0 Å². The molecule has 0 spiro atoms. The minimum Gasteiger partial charge on any atom is -0.294 e. The van der Waals surface area contributed by atoms with Gasteiger partial charge in [0.15, 0.2) is 17.3 Å². The summed E-state index contributed by atoms with van der Waals surface area (Å²) in [5.74, 6) is -1.64. The van der Waals surface area contributed by atoms with Gasteiger partial charge >= 0.3 is 6.18 Å². The van der Waals surface area contributed by atoms with Crippen molar-refractivity contribution in [3.8, 4) is 0 Å². The van der Waals surface area contributed by atoms with Gasteiger partial charge in [-0.3, -0.25) is 24.5 Å². The summed E-state index contributed by atoms with van der Waals surface area (Å²) in [5, 5.41) is 11.3. The summed E-state index contributed by atoms with van der Waals surface area (Å²) in [6, 6.07) is 7.70. The molecule has 0 N–H and O–H groups in total. The van der Waals surface area contributed by atoms with E-state index in [1.807, 2.05) is 0 Å². The highest BCUT2D eigenvalue weighted by Crippen LogP contribution is 2.36. The third-order valence-electron chi connectivity index (χ3n) is 4.43. The molecular weight excluding hydrogens is 417 g/mol. The van der Waals surface area contributed by atoms with Crippen LogP contribution in [0.1, 0.15) is 39.1 Å². The van der Waals surface area contributed by atoms with Crippen LogP contribution in [0.3, 0.4) is 0 Å². The van der Waals surface area contributed by atoms with Crippen LogP contribution in [-0.4, -0.2) is 28.0 Å². The number of Topliss-reactive ketones (excluding diaryl/α,β-unsaturated/α-hetero) is 2. The Morgan fingerprint density at radius 1 is 0.903 bits per heavy atom. The second-order valence-electron chi connectivity index (χ2n) is 6.61. The molecule has 158 valence electrons. The van der Waals surface area contributed by atoms with E-state index >= 15 is 0 Å². The van der Waals surface area contributed by atoms with Gasteiger partial charge in [-0.1, -0.05) is 24.3 Å². The van der Waals surface area contributed by atoms with Crippen molar-refractivity contribution in [1.29, 1.82) is 0 Å². The van der Waals surface area contributed by atoms with Gasteiger partial charge in [0.1, 0.15) is 5.69 Å². The number of fused-ring (bicyclic) bond motifs is 1. The zero-order valence-corrected chi connectivity index (χ0v) is 15.7. The molecule has 3 rings (SSSR count). The largest absolute Gasteiger partial charge is 0.416 e. The maximum Gasteiger partial charge on any atom is 0.416 e. The monoisotopic (exact) mass is 430 g/mol. The quantitative estimate of drug-likeness (QED) is 0.391. The number of rotatable bonds is 2. The first-order valence-electron chi connectivity index (χ1n) is 8.86. The Morgan fingerprint density at radius 3 is 2.10 bits per heavy atom. The van der Waals surface area contributed by atoms with Crippen molar-refractivity contribution in [2.45, 2.75) is 19.0 Å². The van der Waals surface area contributed by atoms with Gasteiger partial charge in [-0.2, -0.15) is 13.2 Å². The van der Waals surface area contributed by atoms with Crippen LogP contribution in [0.25, 0.3) is 0 Å². The molecule has 0 aromatic heterocycles. The molecule has 7 nitrogen and oxygen atoms in total. The molecule has 0 amide bonds. The molecule has 0 bridgehead atoms. The molecule has 0 radical (unpaired) electrons. The minimum atomic E-state index is -4.79. The predicted octanol–water partition coefficient (Wildman–Crippen LogP) is 4.67. The van der Waals surface area contributed by atoms with E-state index in [-0.39, 0.29) is 16.8 Å². The summed E-state index contributed by atoms with van der Waals surface area (Å²) < 4.78 is 38.7. The molecule has 1 aliphatic carbocycles. The van der Waals surface area contributed by atoms with E-state index in [4.69, 9.17) is 0 Å². The van der Waals surface area contributed by atoms with Crippen LogP contribution >= 0.6 is 0 Å². The fourth-order valence-corrected chi connectivity index (χ4v) is 2.96. The molecule has 31 heavy (non-hydrogen) atoms. The second-order valence-corrected chi connectivity index (χ2v) is 6.61. The number of ketones is 3. The van der Waals surface area contributed by atoms with Gasteiger partial charge in [0, 0.05) is 22.9 Å². The number of alkyl halides is 3. The van der Waals surface area contributed by atoms with Crippen molar-refractivity contribution in [1.82, 2.24) is 0 Å². The number of nitro groups is 1. The Hall–Kier alpha value is -3.95. The van der Waals surface area contributed by atoms with Crippen molar-refractivity contribution >= 4 is 34.4 Å². The van der Waals surface area contributed by atoms with Gasteiger partial charge in [0.25, 0.3) is 5.69 Å². The predicted molar refractivity (Wildman–Crippen MR) is 104 cm³/mol. The highest BCUT2D eigenvalue weighted by atomic mass is 19.4. The number of hydrogen-bond donors (Lipinski definition) is 0. The maximum atomic E-state index is 12.9. The van der Waals surface area contributed by atoms with E-state index in [2.05, 4.69) is 4.99 Å². The summed E-state index contributed by atoms with van der Waals surface area (Å²) in [7, 11) is 0. The lowest BCUT2D eigenvalue weighted by atomic mass is 9.93. The van der Waals surface area contributed by atoms with Crippen molar-refractivity contribution in [2.75, 3.05) is 0 Å². The van der Waals surface area contributed by atoms with Crippen LogP contribution in [0.5, 0.6) is 0 Å². The van der Waals surface area contributed by atoms with Crippen LogP contribution in [0.2, 0.25) is 0 Å². The molecule has 0 atom stereocenters. The lowest BCUT2D eigenvalue weighted by Crippen LogP contribution is -2.16. The van der Waals surface area contributed by atoms with Crippen LogP contribution in [0.15, 0.2) is 59.6 Å². The van der Waals surface area contributed by atoms with Gasteiger partial charge < -0.3 is 0 Å². The first kappa shape index (κ1) is 21.8. The van der Waals surface area contributed by atoms with Gasteiger partial charge in [0.05, 0.1) is 23.3 Å². The summed E-state index contributed by atoms with van der Waals surface area (Å²) in [6.07, 6.45) is -3.57. The van der Waals surface area contributed by atoms with Gasteiger partial charge in [-0.15, -0.1) is 0 Å². The van der Waals surface area contributed by atoms with E-state index in [9.17, 15) is 37.7 Å². The summed E-state index contributed by atoms with van der Waals surface area (Å²) >= 11 is 0.